The van der Waals surface area contributed by atoms with Crippen LogP contribution >= 0.6 is 0 Å². The van der Waals surface area contributed by atoms with E-state index in [1.165, 1.54) is 24.8 Å². The fourth-order valence-electron chi connectivity index (χ4n) is 3.11. The lowest BCUT2D eigenvalue weighted by Gasteiger charge is -2.35. The Labute approximate surface area is 110 Å². The Morgan fingerprint density at radius 3 is 2.94 bits per heavy atom. The van der Waals surface area contributed by atoms with Gasteiger partial charge in [0.2, 0.25) is 0 Å². The molecule has 1 aliphatic carbocycles. The minimum Gasteiger partial charge on any atom is -0.495 e. The van der Waals surface area contributed by atoms with E-state index in [0.717, 1.165) is 24.1 Å². The summed E-state index contributed by atoms with van der Waals surface area (Å²) in [5.74, 6) is 3.02. The van der Waals surface area contributed by atoms with Crippen LogP contribution in [0.1, 0.15) is 37.7 Å². The molecule has 3 nitrogen and oxygen atoms in total. The molecular formula is C15H24N2O. The van der Waals surface area contributed by atoms with Crippen LogP contribution in [0.25, 0.3) is 0 Å². The Morgan fingerprint density at radius 2 is 2.22 bits per heavy atom. The Hall–Kier alpha value is -1.09. The van der Waals surface area contributed by atoms with E-state index in [9.17, 15) is 0 Å². The molecule has 2 rings (SSSR count). The molecule has 0 radical (unpaired) electrons. The second kappa shape index (κ2) is 6.19. The van der Waals surface area contributed by atoms with Crippen LogP contribution in [0.15, 0.2) is 18.5 Å². The number of pyridine rings is 1. The molecule has 1 aromatic rings. The Bertz CT molecular complexity index is 381. The van der Waals surface area contributed by atoms with Gasteiger partial charge in [-0.3, -0.25) is 4.98 Å². The van der Waals surface area contributed by atoms with Gasteiger partial charge in [0, 0.05) is 6.20 Å². The molecule has 0 aromatic carbocycles. The normalized spacial score (nSPS) is 28.1. The van der Waals surface area contributed by atoms with Gasteiger partial charge in [-0.1, -0.05) is 13.3 Å². The van der Waals surface area contributed by atoms with Crippen molar-refractivity contribution in [2.75, 3.05) is 20.7 Å². The van der Waals surface area contributed by atoms with E-state index in [1.807, 2.05) is 13.2 Å². The van der Waals surface area contributed by atoms with Crippen LogP contribution in [0.3, 0.4) is 0 Å². The molecule has 1 aliphatic rings. The molecule has 0 amide bonds. The van der Waals surface area contributed by atoms with Gasteiger partial charge in [-0.05, 0) is 55.8 Å². The fraction of sp³-hybridized carbons (Fsp3) is 0.667. The van der Waals surface area contributed by atoms with Gasteiger partial charge in [-0.15, -0.1) is 0 Å². The Kier molecular flexibility index (Phi) is 4.59. The molecule has 3 unspecified atom stereocenters. The third kappa shape index (κ3) is 3.02. The zero-order chi connectivity index (χ0) is 13.0. The lowest BCUT2D eigenvalue weighted by atomic mass is 9.72. The van der Waals surface area contributed by atoms with Gasteiger partial charge >= 0.3 is 0 Å². The number of hydrogen-bond acceptors (Lipinski definition) is 3. The number of nitrogens with zero attached hydrogens (tertiary/aromatic N) is 1. The minimum atomic E-state index is 0.615. The summed E-state index contributed by atoms with van der Waals surface area (Å²) in [5, 5.41) is 3.33. The predicted molar refractivity (Wildman–Crippen MR) is 74.0 cm³/mol. The van der Waals surface area contributed by atoms with Crippen LogP contribution in [-0.2, 0) is 0 Å². The maximum absolute atomic E-state index is 5.29. The third-order valence-electron chi connectivity index (χ3n) is 4.12. The minimum absolute atomic E-state index is 0.615. The van der Waals surface area contributed by atoms with Gasteiger partial charge in [0.1, 0.15) is 5.75 Å². The van der Waals surface area contributed by atoms with Crippen molar-refractivity contribution in [2.24, 2.45) is 11.8 Å². The van der Waals surface area contributed by atoms with Crippen LogP contribution in [0.4, 0.5) is 0 Å². The molecule has 3 atom stereocenters. The van der Waals surface area contributed by atoms with Crippen molar-refractivity contribution in [1.82, 2.24) is 10.3 Å². The zero-order valence-electron chi connectivity index (χ0n) is 11.6. The van der Waals surface area contributed by atoms with Crippen molar-refractivity contribution in [3.05, 3.63) is 24.0 Å². The van der Waals surface area contributed by atoms with Crippen LogP contribution in [0.5, 0.6) is 5.75 Å². The first kappa shape index (κ1) is 13.3. The molecule has 18 heavy (non-hydrogen) atoms. The molecule has 100 valence electrons. The quantitative estimate of drug-likeness (QED) is 0.889. The van der Waals surface area contributed by atoms with Crippen molar-refractivity contribution in [3.8, 4) is 5.75 Å². The van der Waals surface area contributed by atoms with Crippen molar-refractivity contribution in [3.63, 3.8) is 0 Å². The van der Waals surface area contributed by atoms with Gasteiger partial charge < -0.3 is 10.1 Å². The number of rotatable bonds is 4. The lowest BCUT2D eigenvalue weighted by molar-refractivity contribution is 0.244. The highest BCUT2D eigenvalue weighted by atomic mass is 16.5. The average Bonchev–Trinajstić information content (AvgIpc) is 2.41. The smallest absolute Gasteiger partial charge is 0.137 e. The summed E-state index contributed by atoms with van der Waals surface area (Å²) in [5.41, 5.74) is 1.33. The SMILES string of the molecule is CNCC1CCC(C)CC1c1cncc(OC)c1. The summed E-state index contributed by atoms with van der Waals surface area (Å²) in [6, 6.07) is 2.15. The van der Waals surface area contributed by atoms with Crippen molar-refractivity contribution in [2.45, 2.75) is 32.1 Å². The first-order chi connectivity index (χ1) is 8.74. The molecule has 1 N–H and O–H groups in total. The maximum Gasteiger partial charge on any atom is 0.137 e. The first-order valence-electron chi connectivity index (χ1n) is 6.88. The van der Waals surface area contributed by atoms with E-state index in [1.54, 1.807) is 13.3 Å². The topological polar surface area (TPSA) is 34.2 Å². The van der Waals surface area contributed by atoms with Crippen molar-refractivity contribution < 1.29 is 4.74 Å². The Balaban J connectivity index is 2.20. The van der Waals surface area contributed by atoms with Gasteiger partial charge in [0.15, 0.2) is 0 Å². The highest BCUT2D eigenvalue weighted by Gasteiger charge is 2.29. The van der Waals surface area contributed by atoms with Gasteiger partial charge in [-0.2, -0.15) is 0 Å². The van der Waals surface area contributed by atoms with Crippen LogP contribution in [0.2, 0.25) is 0 Å². The van der Waals surface area contributed by atoms with E-state index < -0.39 is 0 Å². The molecule has 1 fully saturated rings. The highest BCUT2D eigenvalue weighted by molar-refractivity contribution is 5.27. The van der Waals surface area contributed by atoms with E-state index in [2.05, 4.69) is 23.3 Å². The molecule has 0 aliphatic heterocycles. The molecule has 0 saturated heterocycles. The summed E-state index contributed by atoms with van der Waals surface area (Å²) in [4.78, 5) is 4.30. The lowest BCUT2D eigenvalue weighted by Crippen LogP contribution is -2.30. The molecular weight excluding hydrogens is 224 g/mol. The molecule has 0 spiro atoms. The molecule has 0 bridgehead atoms. The van der Waals surface area contributed by atoms with E-state index in [-0.39, 0.29) is 0 Å². The molecule has 1 aromatic heterocycles. The standard InChI is InChI=1S/C15H24N2O/c1-11-4-5-12(8-16-2)15(6-11)13-7-14(18-3)10-17-9-13/h7,9-12,15-16H,4-6,8H2,1-3H3. The number of ether oxygens (including phenoxy) is 1. The third-order valence-corrected chi connectivity index (χ3v) is 4.12. The van der Waals surface area contributed by atoms with Gasteiger partial charge in [0.25, 0.3) is 0 Å². The largest absolute Gasteiger partial charge is 0.495 e. The monoisotopic (exact) mass is 248 g/mol. The second-order valence-electron chi connectivity index (χ2n) is 5.50. The van der Waals surface area contributed by atoms with E-state index in [4.69, 9.17) is 4.74 Å². The zero-order valence-corrected chi connectivity index (χ0v) is 11.6. The van der Waals surface area contributed by atoms with Crippen LogP contribution < -0.4 is 10.1 Å². The van der Waals surface area contributed by atoms with Crippen molar-refractivity contribution in [1.29, 1.82) is 0 Å². The molecule has 1 heterocycles. The van der Waals surface area contributed by atoms with Crippen LogP contribution in [-0.4, -0.2) is 25.7 Å². The number of aromatic nitrogens is 1. The first-order valence-corrected chi connectivity index (χ1v) is 6.88. The molecule has 3 heteroatoms. The summed E-state index contributed by atoms with van der Waals surface area (Å²) >= 11 is 0. The summed E-state index contributed by atoms with van der Waals surface area (Å²) in [6.45, 7) is 3.45. The van der Waals surface area contributed by atoms with E-state index in [0.29, 0.717) is 5.92 Å². The number of hydrogen-bond donors (Lipinski definition) is 1. The highest BCUT2D eigenvalue weighted by Crippen LogP contribution is 2.40. The predicted octanol–water partition coefficient (Wildman–Crippen LogP) is 2.83. The summed E-state index contributed by atoms with van der Waals surface area (Å²) in [6.07, 6.45) is 7.71. The molecule has 1 saturated carbocycles. The number of nitrogens with one attached hydrogen (secondary N) is 1. The van der Waals surface area contributed by atoms with Crippen LogP contribution in [0, 0.1) is 11.8 Å². The Morgan fingerprint density at radius 1 is 1.39 bits per heavy atom. The summed E-state index contributed by atoms with van der Waals surface area (Å²) < 4.78 is 5.29. The van der Waals surface area contributed by atoms with Crippen molar-refractivity contribution >= 4 is 0 Å². The maximum atomic E-state index is 5.29. The second-order valence-corrected chi connectivity index (χ2v) is 5.50. The van der Waals surface area contributed by atoms with E-state index >= 15 is 0 Å². The summed E-state index contributed by atoms with van der Waals surface area (Å²) in [7, 11) is 3.74. The fourth-order valence-corrected chi connectivity index (χ4v) is 3.11. The number of methoxy groups -OCH3 is 1. The van der Waals surface area contributed by atoms with Gasteiger partial charge in [-0.25, -0.2) is 0 Å². The van der Waals surface area contributed by atoms with Gasteiger partial charge in [0.05, 0.1) is 13.3 Å². The average molecular weight is 248 g/mol.